The summed E-state index contributed by atoms with van der Waals surface area (Å²) in [5, 5.41) is 10.2. The van der Waals surface area contributed by atoms with E-state index in [1.165, 1.54) is 7.11 Å². The molecule has 1 N–H and O–H groups in total. The molecular formula is C15H10F3N3O2. The molecule has 23 heavy (non-hydrogen) atoms. The number of hydrogen-bond acceptors (Lipinski definition) is 5. The van der Waals surface area contributed by atoms with E-state index < -0.39 is 17.5 Å². The molecule has 3 aromatic rings. The van der Waals surface area contributed by atoms with E-state index in [1.54, 1.807) is 24.3 Å². The van der Waals surface area contributed by atoms with E-state index in [0.29, 0.717) is 11.4 Å². The van der Waals surface area contributed by atoms with Crippen molar-refractivity contribution in [3.05, 3.63) is 53.8 Å². The highest BCUT2D eigenvalue weighted by Crippen LogP contribution is 2.28. The minimum atomic E-state index is -1.55. The Hall–Kier alpha value is -3.03. The molecule has 5 nitrogen and oxygen atoms in total. The van der Waals surface area contributed by atoms with Crippen LogP contribution >= 0.6 is 0 Å². The van der Waals surface area contributed by atoms with Gasteiger partial charge in [0, 0.05) is 5.56 Å². The van der Waals surface area contributed by atoms with Gasteiger partial charge in [-0.25, -0.2) is 13.2 Å². The molecule has 0 radical (unpaired) electrons. The number of para-hydroxylation sites is 2. The Morgan fingerprint density at radius 3 is 2.43 bits per heavy atom. The molecule has 2 aromatic carbocycles. The smallest absolute Gasteiger partial charge is 0.320 e. The Morgan fingerprint density at radius 2 is 1.74 bits per heavy atom. The maximum absolute atomic E-state index is 13.2. The van der Waals surface area contributed by atoms with Gasteiger partial charge in [-0.05, 0) is 24.3 Å². The number of benzene rings is 2. The summed E-state index contributed by atoms with van der Waals surface area (Å²) in [5.74, 6) is -3.83. The number of rotatable bonds is 4. The van der Waals surface area contributed by atoms with Gasteiger partial charge < -0.3 is 14.5 Å². The Bertz CT molecular complexity index is 828. The highest BCUT2D eigenvalue weighted by atomic mass is 19.2. The summed E-state index contributed by atoms with van der Waals surface area (Å²) in [5.41, 5.74) is 0.503. The number of methoxy groups -OCH3 is 1. The number of ether oxygens (including phenoxy) is 1. The summed E-state index contributed by atoms with van der Waals surface area (Å²) >= 11 is 0. The molecule has 0 aliphatic rings. The van der Waals surface area contributed by atoms with Crippen LogP contribution in [0.3, 0.4) is 0 Å². The van der Waals surface area contributed by atoms with Gasteiger partial charge in [0.1, 0.15) is 5.75 Å². The van der Waals surface area contributed by atoms with Gasteiger partial charge >= 0.3 is 6.01 Å². The Labute approximate surface area is 128 Å². The van der Waals surface area contributed by atoms with Crippen LogP contribution in [0.2, 0.25) is 0 Å². The average molecular weight is 321 g/mol. The lowest BCUT2D eigenvalue weighted by Crippen LogP contribution is -1.94. The lowest BCUT2D eigenvalue weighted by Gasteiger charge is -2.06. The zero-order chi connectivity index (χ0) is 16.4. The van der Waals surface area contributed by atoms with Gasteiger partial charge in [0.15, 0.2) is 17.5 Å². The maximum Gasteiger partial charge on any atom is 0.320 e. The number of hydrogen-bond donors (Lipinski definition) is 1. The van der Waals surface area contributed by atoms with Crippen LogP contribution in [0, 0.1) is 17.5 Å². The molecule has 0 spiro atoms. The predicted molar refractivity (Wildman–Crippen MR) is 75.9 cm³/mol. The van der Waals surface area contributed by atoms with Crippen molar-refractivity contribution in [3.63, 3.8) is 0 Å². The lowest BCUT2D eigenvalue weighted by molar-refractivity contribution is 0.416. The van der Waals surface area contributed by atoms with E-state index in [2.05, 4.69) is 15.5 Å². The van der Waals surface area contributed by atoms with Gasteiger partial charge in [0.2, 0.25) is 5.89 Å². The highest BCUT2D eigenvalue weighted by molar-refractivity contribution is 5.62. The Kier molecular flexibility index (Phi) is 3.88. The third-order valence-electron chi connectivity index (χ3n) is 3.00. The fourth-order valence-electron chi connectivity index (χ4n) is 1.93. The number of aromatic nitrogens is 2. The first-order valence-electron chi connectivity index (χ1n) is 6.47. The molecule has 0 unspecified atom stereocenters. The standard InChI is InChI=1S/C15H10F3N3O2/c1-22-12-5-3-2-4-11(12)19-15-21-20-14(23-15)8-6-9(16)13(18)10(17)7-8/h2-7H,1H3,(H,19,21). The molecule has 118 valence electrons. The molecule has 0 bridgehead atoms. The molecule has 3 rings (SSSR count). The van der Waals surface area contributed by atoms with Crippen molar-refractivity contribution >= 4 is 11.7 Å². The summed E-state index contributed by atoms with van der Waals surface area (Å²) in [6.45, 7) is 0. The first kappa shape index (κ1) is 14.9. The first-order valence-corrected chi connectivity index (χ1v) is 6.47. The van der Waals surface area contributed by atoms with Crippen LogP contribution < -0.4 is 10.1 Å². The van der Waals surface area contributed by atoms with E-state index in [-0.39, 0.29) is 17.5 Å². The third kappa shape index (κ3) is 2.96. The third-order valence-corrected chi connectivity index (χ3v) is 3.00. The van der Waals surface area contributed by atoms with Crippen molar-refractivity contribution in [2.24, 2.45) is 0 Å². The zero-order valence-electron chi connectivity index (χ0n) is 11.8. The molecule has 0 aliphatic carbocycles. The van der Waals surface area contributed by atoms with Crippen LogP contribution in [-0.4, -0.2) is 17.3 Å². The van der Waals surface area contributed by atoms with Crippen molar-refractivity contribution in [1.29, 1.82) is 0 Å². The number of anilines is 2. The first-order chi connectivity index (χ1) is 11.1. The molecule has 0 aliphatic heterocycles. The summed E-state index contributed by atoms with van der Waals surface area (Å²) in [6, 6.07) is 8.55. The predicted octanol–water partition coefficient (Wildman–Crippen LogP) is 3.91. The fourth-order valence-corrected chi connectivity index (χ4v) is 1.93. The second-order valence-electron chi connectivity index (χ2n) is 4.49. The Morgan fingerprint density at radius 1 is 1.04 bits per heavy atom. The Balaban J connectivity index is 1.89. The van der Waals surface area contributed by atoms with Crippen molar-refractivity contribution in [3.8, 4) is 17.2 Å². The van der Waals surface area contributed by atoms with Crippen molar-refractivity contribution in [2.45, 2.75) is 0 Å². The molecule has 1 heterocycles. The van der Waals surface area contributed by atoms with Crippen LogP contribution in [0.25, 0.3) is 11.5 Å². The lowest BCUT2D eigenvalue weighted by atomic mass is 10.2. The van der Waals surface area contributed by atoms with Crippen LogP contribution in [0.1, 0.15) is 0 Å². The summed E-state index contributed by atoms with van der Waals surface area (Å²) in [4.78, 5) is 0. The number of halogens is 3. The van der Waals surface area contributed by atoms with E-state index in [0.717, 1.165) is 12.1 Å². The van der Waals surface area contributed by atoms with Crippen LogP contribution in [0.4, 0.5) is 24.9 Å². The van der Waals surface area contributed by atoms with E-state index in [1.807, 2.05) is 0 Å². The molecule has 1 aromatic heterocycles. The van der Waals surface area contributed by atoms with Crippen molar-refractivity contribution in [1.82, 2.24) is 10.2 Å². The second-order valence-corrected chi connectivity index (χ2v) is 4.49. The topological polar surface area (TPSA) is 60.2 Å². The van der Waals surface area contributed by atoms with E-state index in [9.17, 15) is 13.2 Å². The molecule has 0 saturated heterocycles. The number of nitrogens with zero attached hydrogens (tertiary/aromatic N) is 2. The van der Waals surface area contributed by atoms with Gasteiger partial charge in [-0.2, -0.15) is 0 Å². The minimum Gasteiger partial charge on any atom is -0.495 e. The molecular weight excluding hydrogens is 311 g/mol. The van der Waals surface area contributed by atoms with E-state index in [4.69, 9.17) is 9.15 Å². The van der Waals surface area contributed by atoms with Gasteiger partial charge in [-0.15, -0.1) is 5.10 Å². The van der Waals surface area contributed by atoms with Gasteiger partial charge in [-0.1, -0.05) is 17.2 Å². The average Bonchev–Trinajstić information content (AvgIpc) is 3.01. The van der Waals surface area contributed by atoms with Crippen LogP contribution in [-0.2, 0) is 0 Å². The molecule has 0 atom stereocenters. The minimum absolute atomic E-state index is 0.00496. The normalized spacial score (nSPS) is 10.6. The molecule has 0 amide bonds. The van der Waals surface area contributed by atoms with Gasteiger partial charge in [0.05, 0.1) is 12.8 Å². The van der Waals surface area contributed by atoms with Crippen LogP contribution in [0.15, 0.2) is 40.8 Å². The maximum atomic E-state index is 13.2. The summed E-state index contributed by atoms with van der Waals surface area (Å²) in [6.07, 6.45) is 0. The highest BCUT2D eigenvalue weighted by Gasteiger charge is 2.16. The van der Waals surface area contributed by atoms with Gasteiger partial charge in [-0.3, -0.25) is 0 Å². The summed E-state index contributed by atoms with van der Waals surface area (Å²) < 4.78 is 49.9. The van der Waals surface area contributed by atoms with Crippen molar-refractivity contribution < 1.29 is 22.3 Å². The number of nitrogens with one attached hydrogen (secondary N) is 1. The molecule has 8 heteroatoms. The van der Waals surface area contributed by atoms with Crippen LogP contribution in [0.5, 0.6) is 5.75 Å². The van der Waals surface area contributed by atoms with Crippen molar-refractivity contribution in [2.75, 3.05) is 12.4 Å². The summed E-state index contributed by atoms with van der Waals surface area (Å²) in [7, 11) is 1.50. The zero-order valence-corrected chi connectivity index (χ0v) is 11.8. The molecule has 0 saturated carbocycles. The fraction of sp³-hybridized carbons (Fsp3) is 0.0667. The van der Waals surface area contributed by atoms with E-state index >= 15 is 0 Å². The quantitative estimate of drug-likeness (QED) is 0.738. The van der Waals surface area contributed by atoms with Gasteiger partial charge in [0.25, 0.3) is 0 Å². The second kappa shape index (κ2) is 5.99. The monoisotopic (exact) mass is 321 g/mol. The SMILES string of the molecule is COc1ccccc1Nc1nnc(-c2cc(F)c(F)c(F)c2)o1. The molecule has 0 fully saturated rings. The largest absolute Gasteiger partial charge is 0.495 e.